The number of nitrogens with one attached hydrogen (secondary N) is 1. The highest BCUT2D eigenvalue weighted by Crippen LogP contribution is 2.72. The van der Waals surface area contributed by atoms with Crippen molar-refractivity contribution in [3.05, 3.63) is 65.1 Å². The lowest BCUT2D eigenvalue weighted by Gasteiger charge is -2.69. The number of likely N-dealkylation sites (N-methyl/N-ethyl adjacent to an activating group) is 1. The molecule has 4 saturated carbocycles. The van der Waals surface area contributed by atoms with Crippen LogP contribution < -0.4 is 10.2 Å². The Morgan fingerprint density at radius 2 is 1.69 bits per heavy atom. The summed E-state index contributed by atoms with van der Waals surface area (Å²) < 4.78 is 10.3. The quantitative estimate of drug-likeness (QED) is 0.134. The van der Waals surface area contributed by atoms with Gasteiger partial charge in [-0.25, -0.2) is 14.8 Å². The molecule has 4 atom stereocenters. The fraction of sp³-hybridized carbons (Fsp3) is 0.556. The number of carboxylic acid groups (broad SMARTS) is 1. The Kier molecular flexibility index (Phi) is 9.39. The fourth-order valence-corrected chi connectivity index (χ4v) is 13.6. The van der Waals surface area contributed by atoms with Crippen LogP contribution in [0.4, 0.5) is 22.6 Å². The maximum atomic E-state index is 13.0. The number of nitrogens with zero attached hydrogens (tertiary/aromatic N) is 9. The van der Waals surface area contributed by atoms with Gasteiger partial charge in [0.1, 0.15) is 5.82 Å². The maximum absolute atomic E-state index is 13.0. The zero-order chi connectivity index (χ0) is 40.7. The lowest BCUT2D eigenvalue weighted by molar-refractivity contribution is -0.249. The van der Waals surface area contributed by atoms with Crippen LogP contribution >= 0.6 is 11.3 Å². The number of aromatic nitrogens is 6. The van der Waals surface area contributed by atoms with E-state index in [4.69, 9.17) is 19.8 Å². The van der Waals surface area contributed by atoms with E-state index in [1.54, 1.807) is 11.3 Å². The average molecular weight is 817 g/mol. The largest absolute Gasteiger partial charge is 0.476 e. The molecule has 4 bridgehead atoms. The van der Waals surface area contributed by atoms with Crippen molar-refractivity contribution >= 4 is 50.1 Å². The number of carbonyl (C=O) groups is 1. The molecule has 6 heterocycles. The number of piperazine rings is 1. The minimum atomic E-state index is -1.07. The summed E-state index contributed by atoms with van der Waals surface area (Å²) in [5.74, 6) is 0.864. The van der Waals surface area contributed by atoms with Gasteiger partial charge in [-0.1, -0.05) is 37.3 Å². The first-order valence-corrected chi connectivity index (χ1v) is 22.2. The molecule has 14 heteroatoms. The first-order chi connectivity index (χ1) is 28.3. The van der Waals surface area contributed by atoms with Crippen LogP contribution in [-0.4, -0.2) is 109 Å². The summed E-state index contributed by atoms with van der Waals surface area (Å²) in [6.07, 6.45) is 10.5. The number of anilines is 4. The highest BCUT2D eigenvalue weighted by atomic mass is 32.1. The molecular formula is C45H56N10O3S. The number of thiazole rings is 1. The lowest BCUT2D eigenvalue weighted by atomic mass is 9.39. The van der Waals surface area contributed by atoms with Crippen LogP contribution in [0.2, 0.25) is 0 Å². The summed E-state index contributed by atoms with van der Waals surface area (Å²) in [6, 6.07) is 11.9. The predicted octanol–water partition coefficient (Wildman–Crippen LogP) is 7.87. The zero-order valence-corrected chi connectivity index (χ0v) is 35.9. The Bertz CT molecular complexity index is 2390. The minimum absolute atomic E-state index is 0.0126. The van der Waals surface area contributed by atoms with Crippen molar-refractivity contribution in [1.29, 1.82) is 0 Å². The monoisotopic (exact) mass is 816 g/mol. The van der Waals surface area contributed by atoms with Crippen molar-refractivity contribution in [1.82, 2.24) is 39.7 Å². The number of hydrogen-bond donors (Lipinski definition) is 2. The van der Waals surface area contributed by atoms with Gasteiger partial charge in [-0.05, 0) is 113 Å². The molecule has 0 amide bonds. The van der Waals surface area contributed by atoms with Gasteiger partial charge in [0.05, 0.1) is 28.6 Å². The van der Waals surface area contributed by atoms with Crippen molar-refractivity contribution in [3.8, 4) is 11.1 Å². The fourth-order valence-electron chi connectivity index (χ4n) is 12.7. The lowest BCUT2D eigenvalue weighted by Crippen LogP contribution is -2.64. The van der Waals surface area contributed by atoms with Gasteiger partial charge in [-0.3, -0.25) is 9.58 Å². The maximum Gasteiger partial charge on any atom is 0.355 e. The second kappa shape index (κ2) is 14.3. The standard InChI is InChI=1S/C45H56N10O3S/c1-29-31-9-8-14-54(39(31)51-50-38(29)49-41-47-34-10-6-7-11-35(34)59-41)36-13-12-32(37(48-36)40(56)57)33-21-46-55(30(33)2)28-44-23-42(3)22-43(4,24-44)26-45(25-42,27-44)58-20-19-53-17-15-52(5)16-18-53/h6-7,10-13,21H,8-9,14-20,22-28H2,1-5H3,(H,56,57)(H,47,49,50)/t42-,43+,44?,45?. The number of pyridine rings is 1. The molecule has 11 rings (SSSR count). The second-order valence-corrected chi connectivity index (χ2v) is 20.4. The van der Waals surface area contributed by atoms with E-state index in [9.17, 15) is 9.90 Å². The van der Waals surface area contributed by atoms with Crippen molar-refractivity contribution in [2.24, 2.45) is 16.2 Å². The van der Waals surface area contributed by atoms with Gasteiger partial charge in [0, 0.05) is 73.8 Å². The van der Waals surface area contributed by atoms with Gasteiger partial charge < -0.3 is 25.0 Å². The highest BCUT2D eigenvalue weighted by Gasteiger charge is 2.66. The Balaban J connectivity index is 0.890. The van der Waals surface area contributed by atoms with Crippen molar-refractivity contribution in [2.45, 2.75) is 91.2 Å². The summed E-state index contributed by atoms with van der Waals surface area (Å²) in [4.78, 5) is 29.5. The molecule has 0 radical (unpaired) electrons. The van der Waals surface area contributed by atoms with Crippen LogP contribution in [0.5, 0.6) is 0 Å². The Morgan fingerprint density at radius 1 is 0.915 bits per heavy atom. The van der Waals surface area contributed by atoms with E-state index in [0.717, 1.165) is 116 Å². The number of ether oxygens (including phenoxy) is 1. The molecule has 59 heavy (non-hydrogen) atoms. The Hall–Kier alpha value is -4.50. The number of fused-ring (bicyclic) bond motifs is 2. The molecule has 5 aromatic rings. The van der Waals surface area contributed by atoms with Gasteiger partial charge >= 0.3 is 5.97 Å². The smallest absolute Gasteiger partial charge is 0.355 e. The topological polar surface area (TPSA) is 138 Å². The summed E-state index contributed by atoms with van der Waals surface area (Å²) in [5, 5.41) is 29.0. The minimum Gasteiger partial charge on any atom is -0.476 e. The third-order valence-corrected chi connectivity index (χ3v) is 15.2. The Labute approximate surface area is 350 Å². The third kappa shape index (κ3) is 7.09. The van der Waals surface area contributed by atoms with Crippen molar-refractivity contribution in [3.63, 3.8) is 0 Å². The molecule has 4 aromatic heterocycles. The molecule has 5 fully saturated rings. The Morgan fingerprint density at radius 3 is 2.46 bits per heavy atom. The molecule has 2 unspecified atom stereocenters. The van der Waals surface area contributed by atoms with Crippen LogP contribution in [0.3, 0.4) is 0 Å². The molecule has 4 aliphatic carbocycles. The van der Waals surface area contributed by atoms with E-state index in [-0.39, 0.29) is 27.5 Å². The van der Waals surface area contributed by atoms with Crippen LogP contribution in [0.1, 0.15) is 86.1 Å². The summed E-state index contributed by atoms with van der Waals surface area (Å²) in [6.45, 7) is 16.9. The summed E-state index contributed by atoms with van der Waals surface area (Å²) in [7, 11) is 2.21. The number of benzene rings is 1. The van der Waals surface area contributed by atoms with Gasteiger partial charge in [-0.15, -0.1) is 10.2 Å². The molecule has 2 N–H and O–H groups in total. The van der Waals surface area contributed by atoms with Crippen LogP contribution in [0.25, 0.3) is 21.3 Å². The first kappa shape index (κ1) is 38.7. The van der Waals surface area contributed by atoms with Gasteiger partial charge in [0.25, 0.3) is 0 Å². The summed E-state index contributed by atoms with van der Waals surface area (Å²) >= 11 is 1.58. The van der Waals surface area contributed by atoms with Gasteiger partial charge in [-0.2, -0.15) is 5.10 Å². The number of hydrogen-bond acceptors (Lipinski definition) is 12. The first-order valence-electron chi connectivity index (χ1n) is 21.4. The van der Waals surface area contributed by atoms with Crippen molar-refractivity contribution < 1.29 is 14.6 Å². The average Bonchev–Trinajstić information content (AvgIpc) is 3.76. The van der Waals surface area contributed by atoms with E-state index >= 15 is 0 Å². The van der Waals surface area contributed by atoms with E-state index in [1.165, 1.54) is 19.3 Å². The number of rotatable bonds is 11. The second-order valence-electron chi connectivity index (χ2n) is 19.4. The van der Waals surface area contributed by atoms with Crippen LogP contribution in [0.15, 0.2) is 42.6 Å². The molecule has 2 aliphatic heterocycles. The van der Waals surface area contributed by atoms with Crippen molar-refractivity contribution in [2.75, 3.05) is 63.1 Å². The van der Waals surface area contributed by atoms with Crippen LogP contribution in [-0.2, 0) is 17.7 Å². The van der Waals surface area contributed by atoms with Crippen LogP contribution in [0, 0.1) is 30.1 Å². The van der Waals surface area contributed by atoms with E-state index < -0.39 is 5.97 Å². The zero-order valence-electron chi connectivity index (χ0n) is 35.1. The van der Waals surface area contributed by atoms with E-state index in [0.29, 0.717) is 29.6 Å². The number of carboxylic acids is 1. The van der Waals surface area contributed by atoms with E-state index in [1.807, 2.05) is 41.4 Å². The number of para-hydroxylation sites is 1. The predicted molar refractivity (Wildman–Crippen MR) is 231 cm³/mol. The summed E-state index contributed by atoms with van der Waals surface area (Å²) in [5.41, 5.74) is 5.83. The molecule has 0 spiro atoms. The van der Waals surface area contributed by atoms with Gasteiger partial charge in [0.2, 0.25) is 0 Å². The normalized spacial score (nSPS) is 28.1. The molecular weight excluding hydrogens is 761 g/mol. The molecule has 6 aliphatic rings. The molecule has 13 nitrogen and oxygen atoms in total. The number of aromatic carboxylic acids is 1. The molecule has 1 saturated heterocycles. The molecule has 1 aromatic carbocycles. The third-order valence-electron chi connectivity index (χ3n) is 14.2. The molecule has 310 valence electrons. The van der Waals surface area contributed by atoms with E-state index in [2.05, 4.69) is 70.8 Å². The SMILES string of the molecule is Cc1c(Nc2nc3ccccc3s2)nnc2c1CCCN2c1ccc(-c2cnn(CC34CC5(OCCN6CCN(C)CC6)C[C@](C)(C3)C[C@](C)(C4)C5)c2C)c(C(=O)O)n1. The van der Waals surface area contributed by atoms with Gasteiger partial charge in [0.15, 0.2) is 22.5 Å². The highest BCUT2D eigenvalue weighted by molar-refractivity contribution is 7.22.